The second-order valence-electron chi connectivity index (χ2n) is 7.15. The number of nitrogens with one attached hydrogen (secondary N) is 3. The highest BCUT2D eigenvalue weighted by atomic mass is 19.2. The van der Waals surface area contributed by atoms with Crippen LogP contribution >= 0.6 is 0 Å². The Hall–Kier alpha value is -2.62. The maximum absolute atomic E-state index is 13.5. The molecular formula is C18H25F3N4O3. The number of amides is 3. The summed E-state index contributed by atoms with van der Waals surface area (Å²) in [5.74, 6) is -6.18. The van der Waals surface area contributed by atoms with Crippen LogP contribution in [0.25, 0.3) is 0 Å². The van der Waals surface area contributed by atoms with E-state index >= 15 is 0 Å². The number of benzene rings is 1. The molecule has 28 heavy (non-hydrogen) atoms. The van der Waals surface area contributed by atoms with Crippen LogP contribution in [0.2, 0.25) is 0 Å². The zero-order valence-electron chi connectivity index (χ0n) is 16.3. The summed E-state index contributed by atoms with van der Waals surface area (Å²) in [5.41, 5.74) is -0.932. The molecule has 1 aromatic carbocycles. The monoisotopic (exact) mass is 402 g/mol. The molecule has 0 aliphatic heterocycles. The van der Waals surface area contributed by atoms with Crippen LogP contribution in [0.5, 0.6) is 0 Å². The highest BCUT2D eigenvalue weighted by Gasteiger charge is 2.19. The molecule has 0 saturated heterocycles. The van der Waals surface area contributed by atoms with Gasteiger partial charge in [-0.15, -0.1) is 0 Å². The molecule has 1 rings (SSSR count). The number of rotatable bonds is 8. The van der Waals surface area contributed by atoms with Crippen LogP contribution in [0.3, 0.4) is 0 Å². The largest absolute Gasteiger partial charge is 0.350 e. The lowest BCUT2D eigenvalue weighted by Gasteiger charge is -2.24. The fraction of sp³-hybridized carbons (Fsp3) is 0.500. The minimum atomic E-state index is -1.70. The van der Waals surface area contributed by atoms with E-state index in [2.05, 4.69) is 10.6 Å². The van der Waals surface area contributed by atoms with Gasteiger partial charge in [0, 0.05) is 5.54 Å². The van der Waals surface area contributed by atoms with E-state index in [1.165, 1.54) is 0 Å². The van der Waals surface area contributed by atoms with Crippen molar-refractivity contribution in [3.8, 4) is 0 Å². The molecule has 0 bridgehead atoms. The van der Waals surface area contributed by atoms with Gasteiger partial charge in [0.1, 0.15) is 0 Å². The highest BCUT2D eigenvalue weighted by Crippen LogP contribution is 2.19. The number of carbonyl (C=O) groups excluding carboxylic acids is 3. The summed E-state index contributed by atoms with van der Waals surface area (Å²) >= 11 is 0. The molecule has 0 aliphatic rings. The summed E-state index contributed by atoms with van der Waals surface area (Å²) in [7, 11) is 0. The first kappa shape index (κ1) is 23.4. The summed E-state index contributed by atoms with van der Waals surface area (Å²) in [4.78, 5) is 37.2. The van der Waals surface area contributed by atoms with Crippen LogP contribution in [0.15, 0.2) is 12.1 Å². The van der Waals surface area contributed by atoms with E-state index in [9.17, 15) is 27.6 Å². The molecule has 0 fully saturated rings. The first-order valence-corrected chi connectivity index (χ1v) is 8.66. The minimum Gasteiger partial charge on any atom is -0.350 e. The molecule has 7 nitrogen and oxygen atoms in total. The van der Waals surface area contributed by atoms with Crippen molar-refractivity contribution in [3.63, 3.8) is 0 Å². The molecule has 0 heterocycles. The van der Waals surface area contributed by atoms with Crippen molar-refractivity contribution < 1.29 is 27.6 Å². The van der Waals surface area contributed by atoms with Crippen molar-refractivity contribution in [2.75, 3.05) is 31.5 Å². The summed E-state index contributed by atoms with van der Waals surface area (Å²) in [6.07, 6.45) is 0. The van der Waals surface area contributed by atoms with Gasteiger partial charge < -0.3 is 16.0 Å². The maximum Gasteiger partial charge on any atom is 0.243 e. The first-order valence-electron chi connectivity index (χ1n) is 8.66. The van der Waals surface area contributed by atoms with Gasteiger partial charge in [-0.05, 0) is 39.4 Å². The molecule has 10 heteroatoms. The van der Waals surface area contributed by atoms with E-state index in [1.54, 1.807) is 11.8 Å². The van der Waals surface area contributed by atoms with Crippen molar-refractivity contribution in [1.82, 2.24) is 15.5 Å². The number of likely N-dealkylation sites (N-methyl/N-ethyl adjacent to an activating group) is 1. The molecule has 0 spiro atoms. The molecule has 156 valence electrons. The van der Waals surface area contributed by atoms with Crippen LogP contribution in [-0.4, -0.2) is 54.3 Å². The Morgan fingerprint density at radius 2 is 1.57 bits per heavy atom. The Labute approximate surface area is 161 Å². The fourth-order valence-corrected chi connectivity index (χ4v) is 2.20. The average molecular weight is 402 g/mol. The lowest BCUT2D eigenvalue weighted by Crippen LogP contribution is -2.48. The van der Waals surface area contributed by atoms with Gasteiger partial charge in [0.2, 0.25) is 17.7 Å². The van der Waals surface area contributed by atoms with Crippen molar-refractivity contribution in [3.05, 3.63) is 29.6 Å². The Kier molecular flexibility index (Phi) is 8.42. The molecule has 3 amide bonds. The second-order valence-corrected chi connectivity index (χ2v) is 7.15. The molecule has 3 N–H and O–H groups in total. The average Bonchev–Trinajstić information content (AvgIpc) is 2.58. The van der Waals surface area contributed by atoms with Crippen LogP contribution in [0.1, 0.15) is 27.7 Å². The third-order valence-corrected chi connectivity index (χ3v) is 3.45. The third kappa shape index (κ3) is 7.95. The number of hydrogen-bond donors (Lipinski definition) is 3. The molecule has 0 saturated carbocycles. The van der Waals surface area contributed by atoms with Gasteiger partial charge in [-0.25, -0.2) is 13.2 Å². The fourth-order valence-electron chi connectivity index (χ4n) is 2.20. The van der Waals surface area contributed by atoms with E-state index in [0.717, 1.165) is 6.07 Å². The van der Waals surface area contributed by atoms with Crippen molar-refractivity contribution in [2.45, 2.75) is 33.2 Å². The van der Waals surface area contributed by atoms with Gasteiger partial charge in [-0.3, -0.25) is 19.3 Å². The maximum atomic E-state index is 13.5. The number of anilines is 1. The molecule has 1 aromatic rings. The van der Waals surface area contributed by atoms with Gasteiger partial charge in [-0.2, -0.15) is 0 Å². The van der Waals surface area contributed by atoms with Crippen LogP contribution in [0.4, 0.5) is 18.9 Å². The van der Waals surface area contributed by atoms with Crippen molar-refractivity contribution in [1.29, 1.82) is 0 Å². The van der Waals surface area contributed by atoms with Gasteiger partial charge >= 0.3 is 0 Å². The smallest absolute Gasteiger partial charge is 0.243 e. The van der Waals surface area contributed by atoms with E-state index in [4.69, 9.17) is 0 Å². The summed E-state index contributed by atoms with van der Waals surface area (Å²) < 4.78 is 39.5. The van der Waals surface area contributed by atoms with Gasteiger partial charge in [-0.1, -0.05) is 6.92 Å². The van der Waals surface area contributed by atoms with E-state index in [0.29, 0.717) is 12.6 Å². The number of hydrogen-bond acceptors (Lipinski definition) is 4. The topological polar surface area (TPSA) is 90.5 Å². The Morgan fingerprint density at radius 1 is 0.964 bits per heavy atom. The molecule has 0 aromatic heterocycles. The Bertz CT molecular complexity index is 736. The van der Waals surface area contributed by atoms with Crippen LogP contribution in [-0.2, 0) is 14.4 Å². The molecular weight excluding hydrogens is 377 g/mol. The van der Waals surface area contributed by atoms with E-state index in [1.807, 2.05) is 26.1 Å². The number of nitrogens with zero attached hydrogens (tertiary/aromatic N) is 1. The van der Waals surface area contributed by atoms with E-state index < -0.39 is 47.0 Å². The lowest BCUT2D eigenvalue weighted by molar-refractivity contribution is -0.127. The molecule has 0 atom stereocenters. The SMILES string of the molecule is CCN(CC(=O)NCC(=O)Nc1ccc(F)c(F)c1F)CC(=O)NC(C)(C)C. The van der Waals surface area contributed by atoms with Gasteiger partial charge in [0.25, 0.3) is 0 Å². The molecule has 0 aliphatic carbocycles. The van der Waals surface area contributed by atoms with Crippen LogP contribution in [0, 0.1) is 17.5 Å². The third-order valence-electron chi connectivity index (χ3n) is 3.45. The Balaban J connectivity index is 2.49. The van der Waals surface area contributed by atoms with Gasteiger partial charge in [0.05, 0.1) is 25.3 Å². The normalized spacial score (nSPS) is 11.3. The highest BCUT2D eigenvalue weighted by molar-refractivity contribution is 5.94. The molecule has 0 unspecified atom stereocenters. The number of halogens is 3. The van der Waals surface area contributed by atoms with E-state index in [-0.39, 0.29) is 19.0 Å². The summed E-state index contributed by atoms with van der Waals surface area (Å²) in [6.45, 7) is 7.10. The predicted molar refractivity (Wildman–Crippen MR) is 98.0 cm³/mol. The second kappa shape index (κ2) is 10.1. The standard InChI is InChI=1S/C18H25F3N4O3/c1-5-25(10-15(28)24-18(2,3)4)9-14(27)22-8-13(26)23-12-7-6-11(19)16(20)17(12)21/h6-7H,5,8-10H2,1-4H3,(H,22,27)(H,23,26)(H,24,28). The number of carbonyl (C=O) groups is 3. The quantitative estimate of drug-likeness (QED) is 0.574. The first-order chi connectivity index (χ1) is 12.9. The zero-order valence-corrected chi connectivity index (χ0v) is 16.3. The van der Waals surface area contributed by atoms with Crippen molar-refractivity contribution >= 4 is 23.4 Å². The minimum absolute atomic E-state index is 0.00739. The summed E-state index contributed by atoms with van der Waals surface area (Å²) in [5, 5.41) is 7.14. The van der Waals surface area contributed by atoms with Crippen molar-refractivity contribution in [2.24, 2.45) is 0 Å². The predicted octanol–water partition coefficient (Wildman–Crippen LogP) is 1.40. The van der Waals surface area contributed by atoms with Gasteiger partial charge in [0.15, 0.2) is 17.5 Å². The molecule has 0 radical (unpaired) electrons. The summed E-state index contributed by atoms with van der Waals surface area (Å²) in [6, 6.07) is 1.55. The van der Waals surface area contributed by atoms with Crippen LogP contribution < -0.4 is 16.0 Å². The lowest BCUT2D eigenvalue weighted by atomic mass is 10.1. The Morgan fingerprint density at radius 3 is 2.14 bits per heavy atom. The zero-order chi connectivity index (χ0) is 21.5.